The number of fused-ring (bicyclic) bond motifs is 1. The Bertz CT molecular complexity index is 1340. The number of amides is 3. The molecule has 0 saturated carbocycles. The van der Waals surface area contributed by atoms with Gasteiger partial charge in [0.1, 0.15) is 0 Å². The predicted octanol–water partition coefficient (Wildman–Crippen LogP) is 4.01. The molecule has 1 aliphatic rings. The number of nitro groups is 2. The molecule has 3 aromatic rings. The maximum atomic E-state index is 13.4. The zero-order valence-electron chi connectivity index (χ0n) is 17.1. The van der Waals surface area contributed by atoms with E-state index in [0.29, 0.717) is 5.01 Å². The van der Waals surface area contributed by atoms with Gasteiger partial charge in [-0.15, -0.1) is 0 Å². The van der Waals surface area contributed by atoms with Crippen LogP contribution in [0.1, 0.15) is 36.6 Å². The van der Waals surface area contributed by atoms with Crippen molar-refractivity contribution in [3.8, 4) is 0 Å². The van der Waals surface area contributed by atoms with Crippen molar-refractivity contribution in [1.29, 1.82) is 0 Å². The van der Waals surface area contributed by atoms with Crippen molar-refractivity contribution in [2.75, 3.05) is 0 Å². The molecule has 4 rings (SSSR count). The Labute approximate surface area is 196 Å². The summed E-state index contributed by atoms with van der Waals surface area (Å²) < 4.78 is 0. The topological polar surface area (TPSA) is 144 Å². The molecule has 0 aromatic heterocycles. The second kappa shape index (κ2) is 8.71. The summed E-state index contributed by atoms with van der Waals surface area (Å²) in [4.78, 5) is 60.7. The molecule has 11 nitrogen and oxygen atoms in total. The fourth-order valence-corrected chi connectivity index (χ4v) is 3.67. The molecule has 0 N–H and O–H groups in total. The van der Waals surface area contributed by atoms with E-state index in [1.54, 1.807) is 12.1 Å². The number of nitrogens with zero attached hydrogens (tertiary/aromatic N) is 4. The van der Waals surface area contributed by atoms with Crippen LogP contribution in [0.4, 0.5) is 11.4 Å². The number of halogens is 1. The number of hydrogen-bond donors (Lipinski definition) is 0. The molecule has 170 valence electrons. The smallest absolute Gasteiger partial charge is 0.267 e. The number of hydrogen-bond acceptors (Lipinski definition) is 7. The average molecular weight is 481 g/mol. The molecule has 0 atom stereocenters. The van der Waals surface area contributed by atoms with Gasteiger partial charge >= 0.3 is 0 Å². The Morgan fingerprint density at radius 3 is 2.00 bits per heavy atom. The normalized spacial score (nSPS) is 12.4. The highest BCUT2D eigenvalue weighted by molar-refractivity contribution is 6.30. The third-order valence-electron chi connectivity index (χ3n) is 5.14. The zero-order valence-corrected chi connectivity index (χ0v) is 17.8. The van der Waals surface area contributed by atoms with Gasteiger partial charge in [0.2, 0.25) is 0 Å². The lowest BCUT2D eigenvalue weighted by Gasteiger charge is -2.30. The number of hydrazine groups is 1. The van der Waals surface area contributed by atoms with Crippen LogP contribution in [0.3, 0.4) is 0 Å². The van der Waals surface area contributed by atoms with Gasteiger partial charge in [-0.1, -0.05) is 23.7 Å². The van der Waals surface area contributed by atoms with Crippen molar-refractivity contribution in [3.05, 3.63) is 114 Å². The Morgan fingerprint density at radius 1 is 0.882 bits per heavy atom. The van der Waals surface area contributed by atoms with E-state index in [0.717, 1.165) is 23.2 Å². The third kappa shape index (κ3) is 3.95. The van der Waals surface area contributed by atoms with E-state index in [1.165, 1.54) is 36.4 Å². The largest absolute Gasteiger partial charge is 0.280 e. The van der Waals surface area contributed by atoms with Crippen LogP contribution in [0.2, 0.25) is 5.02 Å². The van der Waals surface area contributed by atoms with Crippen LogP contribution >= 0.6 is 11.6 Å². The van der Waals surface area contributed by atoms with Gasteiger partial charge in [-0.05, 0) is 36.4 Å². The molecule has 0 unspecified atom stereocenters. The highest BCUT2D eigenvalue weighted by atomic mass is 35.5. The fourth-order valence-electron chi connectivity index (χ4n) is 3.51. The first-order valence-electron chi connectivity index (χ1n) is 9.66. The second-order valence-electron chi connectivity index (χ2n) is 7.16. The van der Waals surface area contributed by atoms with Gasteiger partial charge in [-0.25, -0.2) is 5.01 Å². The number of carbonyl (C=O) groups excluding carboxylic acids is 3. The predicted molar refractivity (Wildman–Crippen MR) is 118 cm³/mol. The first-order valence-corrected chi connectivity index (χ1v) is 10.0. The monoisotopic (exact) mass is 480 g/mol. The van der Waals surface area contributed by atoms with Crippen LogP contribution in [-0.2, 0) is 6.54 Å². The van der Waals surface area contributed by atoms with Gasteiger partial charge in [0.05, 0.1) is 33.1 Å². The first kappa shape index (κ1) is 22.6. The number of benzene rings is 3. The lowest BCUT2D eigenvalue weighted by molar-refractivity contribution is -0.385. The van der Waals surface area contributed by atoms with E-state index in [2.05, 4.69) is 0 Å². The molecule has 0 bridgehead atoms. The lowest BCUT2D eigenvalue weighted by atomic mass is 10.1. The standard InChI is InChI=1S/C22H13ClN4O7/c23-15-8-5-14(19(11-15)27(33)34)12-24(20(28)13-6-9-16(10-7-13)26(31)32)25-21(29)17-3-1-2-4-18(17)22(25)30/h1-11H,12H2. The van der Waals surface area contributed by atoms with E-state index in [1.807, 2.05) is 0 Å². The van der Waals surface area contributed by atoms with Crippen LogP contribution in [-0.4, -0.2) is 37.6 Å². The number of carbonyl (C=O) groups is 3. The molecule has 0 spiro atoms. The minimum Gasteiger partial charge on any atom is -0.267 e. The summed E-state index contributed by atoms with van der Waals surface area (Å²) >= 11 is 5.87. The Morgan fingerprint density at radius 2 is 1.47 bits per heavy atom. The summed E-state index contributed by atoms with van der Waals surface area (Å²) in [6.07, 6.45) is 0. The fraction of sp³-hybridized carbons (Fsp3) is 0.0455. The maximum Gasteiger partial charge on any atom is 0.280 e. The van der Waals surface area contributed by atoms with Crippen molar-refractivity contribution in [2.24, 2.45) is 0 Å². The van der Waals surface area contributed by atoms with Gasteiger partial charge in [-0.2, -0.15) is 5.01 Å². The quantitative estimate of drug-likeness (QED) is 0.294. The van der Waals surface area contributed by atoms with E-state index >= 15 is 0 Å². The summed E-state index contributed by atoms with van der Waals surface area (Å²) in [7, 11) is 0. The molecule has 1 aliphatic heterocycles. The van der Waals surface area contributed by atoms with Crippen molar-refractivity contribution in [3.63, 3.8) is 0 Å². The second-order valence-corrected chi connectivity index (χ2v) is 7.60. The highest BCUT2D eigenvalue weighted by Crippen LogP contribution is 2.30. The Balaban J connectivity index is 1.80. The summed E-state index contributed by atoms with van der Waals surface area (Å²) in [5.41, 5.74) is -0.595. The molecule has 34 heavy (non-hydrogen) atoms. The lowest BCUT2D eigenvalue weighted by Crippen LogP contribution is -2.49. The van der Waals surface area contributed by atoms with Gasteiger partial charge < -0.3 is 0 Å². The molecular weight excluding hydrogens is 468 g/mol. The number of nitro benzene ring substituents is 2. The van der Waals surface area contributed by atoms with E-state index in [9.17, 15) is 34.6 Å². The Hall–Kier alpha value is -4.64. The summed E-state index contributed by atoms with van der Waals surface area (Å²) in [6, 6.07) is 14.3. The number of rotatable bonds is 6. The van der Waals surface area contributed by atoms with Crippen molar-refractivity contribution in [1.82, 2.24) is 10.0 Å². The van der Waals surface area contributed by atoms with E-state index in [-0.39, 0.29) is 33.0 Å². The summed E-state index contributed by atoms with van der Waals surface area (Å²) in [6.45, 7) is -0.519. The minimum atomic E-state index is -0.867. The zero-order chi connectivity index (χ0) is 24.6. The molecule has 3 amide bonds. The van der Waals surface area contributed by atoms with Crippen LogP contribution in [0.15, 0.2) is 66.7 Å². The first-order chi connectivity index (χ1) is 16.2. The SMILES string of the molecule is O=C(c1ccc([N+](=O)[O-])cc1)N(Cc1ccc(Cl)cc1[N+](=O)[O-])N1C(=O)c2ccccc2C1=O. The van der Waals surface area contributed by atoms with Gasteiger partial charge in [0, 0.05) is 28.8 Å². The molecule has 0 fully saturated rings. The van der Waals surface area contributed by atoms with Crippen LogP contribution in [0.5, 0.6) is 0 Å². The van der Waals surface area contributed by atoms with Crippen LogP contribution in [0.25, 0.3) is 0 Å². The molecule has 0 radical (unpaired) electrons. The molecule has 0 saturated heterocycles. The minimum absolute atomic E-state index is 0.0150. The van der Waals surface area contributed by atoms with Gasteiger partial charge in [0.15, 0.2) is 0 Å². The van der Waals surface area contributed by atoms with E-state index < -0.39 is 39.8 Å². The van der Waals surface area contributed by atoms with Gasteiger partial charge in [-0.3, -0.25) is 34.6 Å². The molecule has 3 aromatic carbocycles. The maximum absolute atomic E-state index is 13.4. The van der Waals surface area contributed by atoms with E-state index in [4.69, 9.17) is 11.6 Å². The van der Waals surface area contributed by atoms with Crippen molar-refractivity contribution < 1.29 is 24.2 Å². The third-order valence-corrected chi connectivity index (χ3v) is 5.37. The number of non-ortho nitro benzene ring substituents is 1. The van der Waals surface area contributed by atoms with Crippen LogP contribution < -0.4 is 0 Å². The molecule has 12 heteroatoms. The molecular formula is C22H13ClN4O7. The average Bonchev–Trinajstić information content (AvgIpc) is 3.08. The number of imide groups is 1. The summed E-state index contributed by atoms with van der Waals surface area (Å²) in [5.74, 6) is -2.44. The molecule has 0 aliphatic carbocycles. The summed E-state index contributed by atoms with van der Waals surface area (Å²) in [5, 5.41) is 24.0. The van der Waals surface area contributed by atoms with Crippen molar-refractivity contribution >= 4 is 40.7 Å². The van der Waals surface area contributed by atoms with Gasteiger partial charge in [0.25, 0.3) is 29.1 Å². The van der Waals surface area contributed by atoms with Crippen molar-refractivity contribution in [2.45, 2.75) is 6.54 Å². The Kier molecular flexibility index (Phi) is 5.78. The molecule has 1 heterocycles. The highest BCUT2D eigenvalue weighted by Gasteiger charge is 2.42. The van der Waals surface area contributed by atoms with Crippen LogP contribution in [0, 0.1) is 20.2 Å².